The lowest BCUT2D eigenvalue weighted by Crippen LogP contribution is -2.18. The summed E-state index contributed by atoms with van der Waals surface area (Å²) >= 11 is 0. The smallest absolute Gasteiger partial charge is 0.307 e. The molecule has 0 aromatic heterocycles. The zero-order valence-corrected chi connectivity index (χ0v) is 10.1. The molecular formula is C12H22O3. The lowest BCUT2D eigenvalue weighted by Gasteiger charge is -2.17. The van der Waals surface area contributed by atoms with E-state index in [1.165, 1.54) is 13.2 Å². The molecule has 0 saturated heterocycles. The monoisotopic (exact) mass is 214 g/mol. The van der Waals surface area contributed by atoms with E-state index in [2.05, 4.69) is 6.92 Å². The molecule has 0 saturated carbocycles. The highest BCUT2D eigenvalue weighted by molar-refractivity contribution is 5.66. The molecule has 0 radical (unpaired) electrons. The number of aliphatic hydroxyl groups is 1. The molecule has 0 aliphatic rings. The van der Waals surface area contributed by atoms with Crippen molar-refractivity contribution < 1.29 is 14.6 Å². The van der Waals surface area contributed by atoms with Crippen molar-refractivity contribution in [2.75, 3.05) is 0 Å². The van der Waals surface area contributed by atoms with Gasteiger partial charge in [0.05, 0.1) is 11.9 Å². The van der Waals surface area contributed by atoms with Gasteiger partial charge in [-0.2, -0.15) is 0 Å². The van der Waals surface area contributed by atoms with Gasteiger partial charge in [0.2, 0.25) is 0 Å². The Kier molecular flexibility index (Phi) is 6.25. The van der Waals surface area contributed by atoms with E-state index in [1.807, 2.05) is 19.9 Å². The second-order valence-electron chi connectivity index (χ2n) is 4.62. The first-order chi connectivity index (χ1) is 6.81. The molecule has 1 unspecified atom stereocenters. The maximum atomic E-state index is 10.5. The number of ether oxygens (including phenoxy) is 1. The van der Waals surface area contributed by atoms with Crippen molar-refractivity contribution in [3.05, 3.63) is 12.3 Å². The molecule has 3 heteroatoms. The van der Waals surface area contributed by atoms with Crippen LogP contribution >= 0.6 is 0 Å². The number of rotatable bonds is 6. The number of hydrogen-bond donors (Lipinski definition) is 1. The number of hydrogen-bond acceptors (Lipinski definition) is 3. The van der Waals surface area contributed by atoms with E-state index in [0.29, 0.717) is 5.92 Å². The summed E-state index contributed by atoms with van der Waals surface area (Å²) in [5, 5.41) is 9.49. The molecule has 0 aromatic rings. The molecule has 15 heavy (non-hydrogen) atoms. The summed E-state index contributed by atoms with van der Waals surface area (Å²) in [7, 11) is 0. The summed E-state index contributed by atoms with van der Waals surface area (Å²) in [5.41, 5.74) is -0.584. The third kappa shape index (κ3) is 11.1. The van der Waals surface area contributed by atoms with Gasteiger partial charge in [-0.05, 0) is 38.7 Å². The molecule has 88 valence electrons. The molecule has 0 heterocycles. The number of allylic oxidation sites excluding steroid dienone is 1. The zero-order chi connectivity index (χ0) is 11.9. The fourth-order valence-electron chi connectivity index (χ4n) is 1.22. The Morgan fingerprint density at radius 1 is 1.53 bits per heavy atom. The molecule has 0 spiro atoms. The van der Waals surface area contributed by atoms with Crippen molar-refractivity contribution in [2.24, 2.45) is 5.92 Å². The van der Waals surface area contributed by atoms with Gasteiger partial charge in [-0.3, -0.25) is 4.79 Å². The first-order valence-corrected chi connectivity index (χ1v) is 5.37. The van der Waals surface area contributed by atoms with E-state index in [1.54, 1.807) is 0 Å². The fourth-order valence-corrected chi connectivity index (χ4v) is 1.22. The molecular weight excluding hydrogens is 192 g/mol. The Labute approximate surface area is 92.1 Å². The van der Waals surface area contributed by atoms with Crippen LogP contribution in [-0.2, 0) is 9.53 Å². The predicted molar refractivity (Wildman–Crippen MR) is 60.2 cm³/mol. The van der Waals surface area contributed by atoms with E-state index in [-0.39, 0.29) is 5.97 Å². The average Bonchev–Trinajstić information content (AvgIpc) is 2.00. The summed E-state index contributed by atoms with van der Waals surface area (Å²) < 4.78 is 4.69. The first kappa shape index (κ1) is 14.2. The maximum absolute atomic E-state index is 10.5. The van der Waals surface area contributed by atoms with Crippen LogP contribution in [0, 0.1) is 5.92 Å². The molecule has 0 amide bonds. The molecule has 0 aromatic carbocycles. The summed E-state index contributed by atoms with van der Waals surface area (Å²) in [6, 6.07) is 0. The Balaban J connectivity index is 3.62. The first-order valence-electron chi connectivity index (χ1n) is 5.37. The van der Waals surface area contributed by atoms with Crippen molar-refractivity contribution in [3.8, 4) is 0 Å². The number of esters is 1. The van der Waals surface area contributed by atoms with Gasteiger partial charge in [-0.1, -0.05) is 13.3 Å². The van der Waals surface area contributed by atoms with Gasteiger partial charge in [-0.15, -0.1) is 0 Å². The Hall–Kier alpha value is -0.830. The van der Waals surface area contributed by atoms with Crippen LogP contribution in [0.15, 0.2) is 12.3 Å². The van der Waals surface area contributed by atoms with Crippen molar-refractivity contribution in [3.63, 3.8) is 0 Å². The zero-order valence-electron chi connectivity index (χ0n) is 10.1. The van der Waals surface area contributed by atoms with Gasteiger partial charge < -0.3 is 9.84 Å². The number of carbonyl (C=O) groups excluding carboxylic acids is 1. The Morgan fingerprint density at radius 3 is 2.60 bits per heavy atom. The van der Waals surface area contributed by atoms with Crippen molar-refractivity contribution in [2.45, 2.75) is 52.6 Å². The standard InChI is InChI=1S/C12H22O3/c1-10(7-9-15-11(2)13)6-5-8-12(3,4)14/h7,9-10,14H,5-6,8H2,1-4H3/b9-7+. The molecule has 1 atom stereocenters. The summed E-state index contributed by atoms with van der Waals surface area (Å²) in [5.74, 6) is 0.0710. The molecule has 3 nitrogen and oxygen atoms in total. The molecule has 0 aliphatic heterocycles. The summed E-state index contributed by atoms with van der Waals surface area (Å²) in [6.07, 6.45) is 6.05. The normalized spacial score (nSPS) is 14.2. The quantitative estimate of drug-likeness (QED) is 0.546. The van der Waals surface area contributed by atoms with Crippen molar-refractivity contribution in [1.82, 2.24) is 0 Å². The van der Waals surface area contributed by atoms with Gasteiger partial charge in [0.1, 0.15) is 0 Å². The highest BCUT2D eigenvalue weighted by Gasteiger charge is 2.11. The van der Waals surface area contributed by atoms with E-state index in [4.69, 9.17) is 4.74 Å². The van der Waals surface area contributed by atoms with E-state index >= 15 is 0 Å². The lowest BCUT2D eigenvalue weighted by molar-refractivity contribution is -0.135. The largest absolute Gasteiger partial charge is 0.435 e. The minimum Gasteiger partial charge on any atom is -0.435 e. The molecule has 1 N–H and O–H groups in total. The summed E-state index contributed by atoms with van der Waals surface area (Å²) in [6.45, 7) is 7.06. The van der Waals surface area contributed by atoms with Crippen LogP contribution in [0.2, 0.25) is 0 Å². The van der Waals surface area contributed by atoms with Crippen molar-refractivity contribution in [1.29, 1.82) is 0 Å². The Morgan fingerprint density at radius 2 is 2.13 bits per heavy atom. The van der Waals surface area contributed by atoms with Crippen LogP contribution < -0.4 is 0 Å². The minimum absolute atomic E-state index is 0.296. The van der Waals surface area contributed by atoms with Crippen LogP contribution in [-0.4, -0.2) is 16.7 Å². The van der Waals surface area contributed by atoms with Gasteiger partial charge in [0.25, 0.3) is 0 Å². The highest BCUT2D eigenvalue weighted by atomic mass is 16.5. The van der Waals surface area contributed by atoms with Gasteiger partial charge >= 0.3 is 5.97 Å². The van der Waals surface area contributed by atoms with E-state index in [0.717, 1.165) is 19.3 Å². The van der Waals surface area contributed by atoms with Crippen LogP contribution in [0.5, 0.6) is 0 Å². The van der Waals surface area contributed by atoms with Crippen molar-refractivity contribution >= 4 is 5.97 Å². The SMILES string of the molecule is CC(=O)O/C=C/C(C)CCCC(C)(C)O. The lowest BCUT2D eigenvalue weighted by atomic mass is 9.97. The van der Waals surface area contributed by atoms with Crippen LogP contribution in [0.4, 0.5) is 0 Å². The highest BCUT2D eigenvalue weighted by Crippen LogP contribution is 2.16. The second-order valence-corrected chi connectivity index (χ2v) is 4.62. The van der Waals surface area contributed by atoms with Gasteiger partial charge in [-0.25, -0.2) is 0 Å². The minimum atomic E-state index is -0.584. The average molecular weight is 214 g/mol. The maximum Gasteiger partial charge on any atom is 0.307 e. The second kappa shape index (κ2) is 6.62. The van der Waals surface area contributed by atoms with Crippen LogP contribution in [0.25, 0.3) is 0 Å². The van der Waals surface area contributed by atoms with E-state index < -0.39 is 5.60 Å². The molecule has 0 fully saturated rings. The number of carbonyl (C=O) groups is 1. The predicted octanol–water partition coefficient (Wildman–Crippen LogP) is 2.64. The topological polar surface area (TPSA) is 46.5 Å². The molecule has 0 aliphatic carbocycles. The van der Waals surface area contributed by atoms with Crippen LogP contribution in [0.1, 0.15) is 47.0 Å². The van der Waals surface area contributed by atoms with Gasteiger partial charge in [0.15, 0.2) is 0 Å². The third-order valence-corrected chi connectivity index (χ3v) is 2.09. The molecule has 0 rings (SSSR count). The van der Waals surface area contributed by atoms with Gasteiger partial charge in [0, 0.05) is 6.92 Å². The summed E-state index contributed by atoms with van der Waals surface area (Å²) in [4.78, 5) is 10.5. The molecule has 0 bridgehead atoms. The van der Waals surface area contributed by atoms with E-state index in [9.17, 15) is 9.90 Å². The van der Waals surface area contributed by atoms with Crippen LogP contribution in [0.3, 0.4) is 0 Å². The third-order valence-electron chi connectivity index (χ3n) is 2.09. The fraction of sp³-hybridized carbons (Fsp3) is 0.750. The Bertz CT molecular complexity index is 213.